The Morgan fingerprint density at radius 3 is 2.81 bits per heavy atom. The number of aliphatic carboxylic acids is 1. The van der Waals surface area contributed by atoms with Gasteiger partial charge >= 0.3 is 5.97 Å². The molecule has 0 atom stereocenters. The minimum atomic E-state index is -0.849. The number of carboxylic acids is 1. The van der Waals surface area contributed by atoms with Crippen molar-refractivity contribution in [1.29, 1.82) is 0 Å². The minimum absolute atomic E-state index is 0.0108. The van der Waals surface area contributed by atoms with Gasteiger partial charge in [-0.3, -0.25) is 4.79 Å². The molecule has 0 amide bonds. The van der Waals surface area contributed by atoms with Gasteiger partial charge in [-0.15, -0.1) is 0 Å². The van der Waals surface area contributed by atoms with Gasteiger partial charge in [0, 0.05) is 5.54 Å². The van der Waals surface area contributed by atoms with E-state index in [9.17, 15) is 4.79 Å². The van der Waals surface area contributed by atoms with E-state index in [4.69, 9.17) is 16.7 Å². The Labute approximate surface area is 133 Å². The molecule has 1 aromatic heterocycles. The summed E-state index contributed by atoms with van der Waals surface area (Å²) in [5.74, 6) is -0.860. The zero-order valence-corrected chi connectivity index (χ0v) is 14.0. The fraction of sp³-hybridized carbons (Fsp3) is 0.467. The van der Waals surface area contributed by atoms with Crippen molar-refractivity contribution < 1.29 is 9.90 Å². The Kier molecular flexibility index (Phi) is 4.84. The van der Waals surface area contributed by atoms with Crippen LogP contribution >= 0.6 is 23.4 Å². The van der Waals surface area contributed by atoms with E-state index in [1.54, 1.807) is 0 Å². The number of fused-ring (bicyclic) bond motifs is 1. The molecule has 0 spiro atoms. The highest BCUT2D eigenvalue weighted by Gasteiger charge is 2.27. The van der Waals surface area contributed by atoms with Crippen molar-refractivity contribution in [3.63, 3.8) is 0 Å². The van der Waals surface area contributed by atoms with Crippen molar-refractivity contribution in [3.8, 4) is 0 Å². The number of benzene rings is 1. The molecule has 114 valence electrons. The molecule has 1 heterocycles. The quantitative estimate of drug-likeness (QED) is 0.799. The fourth-order valence-electron chi connectivity index (χ4n) is 2.57. The molecule has 6 heteroatoms. The smallest absolute Gasteiger partial charge is 0.313 e. The number of thioether (sulfide) groups is 1. The molecule has 0 unspecified atom stereocenters. The van der Waals surface area contributed by atoms with Crippen molar-refractivity contribution in [2.45, 2.75) is 44.3 Å². The first kappa shape index (κ1) is 16.2. The summed E-state index contributed by atoms with van der Waals surface area (Å²) in [7, 11) is 0. The van der Waals surface area contributed by atoms with E-state index in [1.165, 1.54) is 11.8 Å². The van der Waals surface area contributed by atoms with Gasteiger partial charge in [-0.05, 0) is 32.4 Å². The number of halogens is 1. The van der Waals surface area contributed by atoms with Crippen LogP contribution in [0.15, 0.2) is 23.4 Å². The van der Waals surface area contributed by atoms with Crippen molar-refractivity contribution in [3.05, 3.63) is 23.2 Å². The Bertz CT molecular complexity index is 667. The van der Waals surface area contributed by atoms with Crippen molar-refractivity contribution in [2.75, 3.05) is 5.75 Å². The topological polar surface area (TPSA) is 55.1 Å². The third-order valence-corrected chi connectivity index (χ3v) is 4.62. The highest BCUT2D eigenvalue weighted by atomic mass is 35.5. The third-order valence-electron chi connectivity index (χ3n) is 3.39. The molecule has 1 aromatic carbocycles. The van der Waals surface area contributed by atoms with Gasteiger partial charge in [0.1, 0.15) is 0 Å². The highest BCUT2D eigenvalue weighted by Crippen LogP contribution is 2.36. The summed E-state index contributed by atoms with van der Waals surface area (Å²) in [6.07, 6.45) is 1.99. The standard InChI is InChI=1S/C15H19ClN2O2S/c1-4-8-15(2,3)18-13-10(16)6-5-7-11(13)17-14(18)21-9-12(19)20/h5-7H,4,8-9H2,1-3H3,(H,19,20). The molecule has 0 bridgehead atoms. The summed E-state index contributed by atoms with van der Waals surface area (Å²) in [5.41, 5.74) is 1.51. The molecule has 0 radical (unpaired) electrons. The second-order valence-corrected chi connectivity index (χ2v) is 6.93. The molecular weight excluding hydrogens is 308 g/mol. The molecule has 2 aromatic rings. The van der Waals surface area contributed by atoms with Crippen LogP contribution in [0.25, 0.3) is 11.0 Å². The summed E-state index contributed by atoms with van der Waals surface area (Å²) >= 11 is 7.59. The van der Waals surface area contributed by atoms with Gasteiger partial charge in [0.05, 0.1) is 21.8 Å². The summed E-state index contributed by atoms with van der Waals surface area (Å²) in [6, 6.07) is 5.61. The lowest BCUT2D eigenvalue weighted by molar-refractivity contribution is -0.133. The molecule has 0 saturated carbocycles. The maximum absolute atomic E-state index is 10.9. The Morgan fingerprint density at radius 2 is 2.19 bits per heavy atom. The van der Waals surface area contributed by atoms with Crippen LogP contribution in [0.5, 0.6) is 0 Å². The average Bonchev–Trinajstić information content (AvgIpc) is 2.77. The van der Waals surface area contributed by atoms with Crippen molar-refractivity contribution in [1.82, 2.24) is 9.55 Å². The van der Waals surface area contributed by atoms with E-state index in [0.29, 0.717) is 10.2 Å². The zero-order chi connectivity index (χ0) is 15.6. The molecular formula is C15H19ClN2O2S. The average molecular weight is 327 g/mol. The van der Waals surface area contributed by atoms with Gasteiger partial charge in [0.25, 0.3) is 0 Å². The van der Waals surface area contributed by atoms with E-state index in [0.717, 1.165) is 23.9 Å². The number of hydrogen-bond donors (Lipinski definition) is 1. The Balaban J connectivity index is 2.61. The molecule has 1 N–H and O–H groups in total. The Hall–Kier alpha value is -1.20. The molecule has 4 nitrogen and oxygen atoms in total. The van der Waals surface area contributed by atoms with Crippen LogP contribution < -0.4 is 0 Å². The monoisotopic (exact) mass is 326 g/mol. The number of imidazole rings is 1. The molecule has 0 aliphatic rings. The first-order valence-corrected chi connectivity index (χ1v) is 8.25. The predicted molar refractivity (Wildman–Crippen MR) is 87.3 cm³/mol. The summed E-state index contributed by atoms with van der Waals surface area (Å²) < 4.78 is 2.09. The van der Waals surface area contributed by atoms with Crippen molar-refractivity contribution >= 4 is 40.4 Å². The van der Waals surface area contributed by atoms with Crippen LogP contribution in [-0.2, 0) is 10.3 Å². The number of hydrogen-bond acceptors (Lipinski definition) is 3. The Morgan fingerprint density at radius 1 is 1.48 bits per heavy atom. The number of nitrogens with zero attached hydrogens (tertiary/aromatic N) is 2. The van der Waals surface area contributed by atoms with Crippen LogP contribution in [0.3, 0.4) is 0 Å². The van der Waals surface area contributed by atoms with Gasteiger partial charge in [-0.25, -0.2) is 4.98 Å². The number of rotatable bonds is 6. The van der Waals surface area contributed by atoms with Gasteiger partial charge in [0.15, 0.2) is 5.16 Å². The van der Waals surface area contributed by atoms with E-state index in [2.05, 4.69) is 30.3 Å². The van der Waals surface area contributed by atoms with Crippen LogP contribution in [0.1, 0.15) is 33.6 Å². The molecule has 0 saturated heterocycles. The molecule has 0 fully saturated rings. The van der Waals surface area contributed by atoms with E-state index < -0.39 is 5.97 Å². The van der Waals surface area contributed by atoms with Crippen LogP contribution in [0.2, 0.25) is 5.02 Å². The summed E-state index contributed by atoms with van der Waals surface area (Å²) in [6.45, 7) is 6.39. The van der Waals surface area contributed by atoms with E-state index in [-0.39, 0.29) is 11.3 Å². The predicted octanol–water partition coefficient (Wildman–Crippen LogP) is 4.40. The van der Waals surface area contributed by atoms with Crippen LogP contribution in [-0.4, -0.2) is 26.4 Å². The molecule has 2 rings (SSSR count). The minimum Gasteiger partial charge on any atom is -0.481 e. The summed E-state index contributed by atoms with van der Waals surface area (Å²) in [5, 5.41) is 10.3. The van der Waals surface area contributed by atoms with Crippen LogP contribution in [0, 0.1) is 0 Å². The maximum atomic E-state index is 10.9. The number of para-hydroxylation sites is 1. The lowest BCUT2D eigenvalue weighted by Crippen LogP contribution is -2.27. The lowest BCUT2D eigenvalue weighted by Gasteiger charge is -2.29. The van der Waals surface area contributed by atoms with Gasteiger partial charge in [-0.2, -0.15) is 0 Å². The number of carboxylic acid groups (broad SMARTS) is 1. The lowest BCUT2D eigenvalue weighted by atomic mass is 9.98. The largest absolute Gasteiger partial charge is 0.481 e. The first-order valence-electron chi connectivity index (χ1n) is 6.89. The maximum Gasteiger partial charge on any atom is 0.313 e. The third kappa shape index (κ3) is 3.35. The number of carbonyl (C=O) groups is 1. The molecule has 0 aliphatic heterocycles. The summed E-state index contributed by atoms with van der Waals surface area (Å²) in [4.78, 5) is 15.4. The van der Waals surface area contributed by atoms with Gasteiger partial charge < -0.3 is 9.67 Å². The zero-order valence-electron chi connectivity index (χ0n) is 12.4. The van der Waals surface area contributed by atoms with Gasteiger partial charge in [0.2, 0.25) is 0 Å². The first-order chi connectivity index (χ1) is 9.86. The van der Waals surface area contributed by atoms with Gasteiger partial charge in [-0.1, -0.05) is 42.8 Å². The number of aromatic nitrogens is 2. The van der Waals surface area contributed by atoms with E-state index >= 15 is 0 Å². The molecule has 0 aliphatic carbocycles. The molecule has 21 heavy (non-hydrogen) atoms. The second kappa shape index (κ2) is 6.28. The van der Waals surface area contributed by atoms with E-state index in [1.807, 2.05) is 18.2 Å². The second-order valence-electron chi connectivity index (χ2n) is 5.58. The fourth-order valence-corrected chi connectivity index (χ4v) is 3.71. The van der Waals surface area contributed by atoms with Crippen molar-refractivity contribution in [2.24, 2.45) is 0 Å². The van der Waals surface area contributed by atoms with Crippen LogP contribution in [0.4, 0.5) is 0 Å². The normalized spacial score (nSPS) is 12.0. The SMILES string of the molecule is CCCC(C)(C)n1c(SCC(=O)O)nc2cccc(Cl)c21. The highest BCUT2D eigenvalue weighted by molar-refractivity contribution is 7.99.